The predicted octanol–water partition coefficient (Wildman–Crippen LogP) is 3.59. The fourth-order valence-electron chi connectivity index (χ4n) is 2.87. The van der Waals surface area contributed by atoms with E-state index in [1.54, 1.807) is 10.6 Å². The highest BCUT2D eigenvalue weighted by Crippen LogP contribution is 2.22. The number of esters is 1. The van der Waals surface area contributed by atoms with Crippen LogP contribution in [0.15, 0.2) is 59.4 Å². The number of H-pyrrole nitrogens is 1. The van der Waals surface area contributed by atoms with Gasteiger partial charge in [-0.3, -0.25) is 4.57 Å². The molecule has 0 atom stereocenters. The van der Waals surface area contributed by atoms with E-state index in [0.29, 0.717) is 13.0 Å². The number of imidazole rings is 1. The molecule has 2 heterocycles. The Morgan fingerprint density at radius 2 is 2.00 bits per heavy atom. The van der Waals surface area contributed by atoms with Crippen LogP contribution in [-0.2, 0) is 16.1 Å². The number of carbonyl (C=O) groups is 1. The number of fused-ring (bicyclic) bond motifs is 2. The van der Waals surface area contributed by atoms with E-state index < -0.39 is 5.97 Å². The lowest BCUT2D eigenvalue weighted by Crippen LogP contribution is -2.18. The summed E-state index contributed by atoms with van der Waals surface area (Å²) in [6.45, 7) is 0.729. The molecule has 0 saturated carbocycles. The van der Waals surface area contributed by atoms with E-state index in [1.807, 2.05) is 48.5 Å². The quantitative estimate of drug-likeness (QED) is 0.316. The van der Waals surface area contributed by atoms with Gasteiger partial charge >= 0.3 is 11.7 Å². The van der Waals surface area contributed by atoms with E-state index in [4.69, 9.17) is 4.74 Å². The van der Waals surface area contributed by atoms with Crippen LogP contribution in [0.5, 0.6) is 0 Å². The second kappa shape index (κ2) is 7.59. The van der Waals surface area contributed by atoms with E-state index in [0.717, 1.165) is 26.3 Å². The number of para-hydroxylation sites is 3. The lowest BCUT2D eigenvalue weighted by Gasteiger charge is -2.04. The highest BCUT2D eigenvalue weighted by atomic mass is 32.1. The van der Waals surface area contributed by atoms with Gasteiger partial charge in [0.15, 0.2) is 0 Å². The zero-order chi connectivity index (χ0) is 18.6. The molecule has 0 aliphatic carbocycles. The van der Waals surface area contributed by atoms with E-state index in [9.17, 15) is 9.59 Å². The van der Waals surface area contributed by atoms with Gasteiger partial charge in [0.1, 0.15) is 5.01 Å². The van der Waals surface area contributed by atoms with E-state index >= 15 is 0 Å². The summed E-state index contributed by atoms with van der Waals surface area (Å²) in [4.78, 5) is 31.1. The Kier molecular flexibility index (Phi) is 4.84. The smallest absolute Gasteiger partial charge is 0.330 e. The molecule has 6 nitrogen and oxygen atoms in total. The van der Waals surface area contributed by atoms with Gasteiger partial charge in [0.05, 0.1) is 27.9 Å². The van der Waals surface area contributed by atoms with Gasteiger partial charge in [-0.25, -0.2) is 14.6 Å². The summed E-state index contributed by atoms with van der Waals surface area (Å²) in [7, 11) is 0. The van der Waals surface area contributed by atoms with Crippen LogP contribution in [-0.4, -0.2) is 27.1 Å². The van der Waals surface area contributed by atoms with Gasteiger partial charge in [-0.15, -0.1) is 11.3 Å². The van der Waals surface area contributed by atoms with Gasteiger partial charge in [0.25, 0.3) is 0 Å². The number of ether oxygens (including phenoxy) is 1. The van der Waals surface area contributed by atoms with Crippen molar-refractivity contribution in [1.29, 1.82) is 0 Å². The monoisotopic (exact) mass is 379 g/mol. The molecule has 27 heavy (non-hydrogen) atoms. The first-order chi connectivity index (χ1) is 13.2. The Morgan fingerprint density at radius 3 is 2.89 bits per heavy atom. The van der Waals surface area contributed by atoms with Crippen molar-refractivity contribution in [2.75, 3.05) is 6.61 Å². The maximum absolute atomic E-state index is 12.0. The minimum Gasteiger partial charge on any atom is -0.462 e. The average molecular weight is 379 g/mol. The zero-order valence-corrected chi connectivity index (χ0v) is 15.2. The fraction of sp³-hybridized carbons (Fsp3) is 0.150. The molecule has 0 radical (unpaired) electrons. The summed E-state index contributed by atoms with van der Waals surface area (Å²) >= 11 is 1.52. The number of rotatable bonds is 6. The van der Waals surface area contributed by atoms with Gasteiger partial charge in [-0.05, 0) is 36.8 Å². The molecule has 0 amide bonds. The third-order valence-corrected chi connectivity index (χ3v) is 5.13. The van der Waals surface area contributed by atoms with Crippen LogP contribution >= 0.6 is 11.3 Å². The number of hydrogen-bond acceptors (Lipinski definition) is 5. The second-order valence-electron chi connectivity index (χ2n) is 5.97. The Hall–Kier alpha value is -3.19. The summed E-state index contributed by atoms with van der Waals surface area (Å²) in [5, 5.41) is 0.762. The number of aromatic amines is 1. The van der Waals surface area contributed by atoms with Crippen molar-refractivity contribution in [3.8, 4) is 0 Å². The molecule has 0 aliphatic rings. The lowest BCUT2D eigenvalue weighted by molar-refractivity contribution is -0.137. The SMILES string of the molecule is O=C(/C=C/c1nc2ccccc2s1)OCCCn1c(=O)[nH]c2ccccc21. The molecule has 4 rings (SSSR count). The molecule has 2 aromatic heterocycles. The third-order valence-electron chi connectivity index (χ3n) is 4.12. The highest BCUT2D eigenvalue weighted by Gasteiger charge is 2.06. The Balaban J connectivity index is 1.30. The van der Waals surface area contributed by atoms with Crippen molar-refractivity contribution >= 4 is 44.6 Å². The number of aryl methyl sites for hydroxylation is 1. The van der Waals surface area contributed by atoms with Crippen LogP contribution in [0.4, 0.5) is 0 Å². The molecule has 136 valence electrons. The van der Waals surface area contributed by atoms with Crippen molar-refractivity contribution in [2.24, 2.45) is 0 Å². The van der Waals surface area contributed by atoms with Crippen LogP contribution in [0.25, 0.3) is 27.3 Å². The van der Waals surface area contributed by atoms with Gasteiger partial charge in [-0.1, -0.05) is 24.3 Å². The van der Waals surface area contributed by atoms with Crippen molar-refractivity contribution in [1.82, 2.24) is 14.5 Å². The van der Waals surface area contributed by atoms with Crippen molar-refractivity contribution in [2.45, 2.75) is 13.0 Å². The summed E-state index contributed by atoms with van der Waals surface area (Å²) in [5.74, 6) is -0.416. The first kappa shape index (κ1) is 17.2. The molecular formula is C20H17N3O3S. The fourth-order valence-corrected chi connectivity index (χ4v) is 3.74. The topological polar surface area (TPSA) is 77.0 Å². The molecule has 0 bridgehead atoms. The standard InChI is InChI=1S/C20H17N3O3S/c24-19(11-10-18-21-15-7-2-4-9-17(15)27-18)26-13-5-12-23-16-8-3-1-6-14(16)22-20(23)25/h1-4,6-11H,5,12-13H2,(H,22,25)/b11-10+. The molecular weight excluding hydrogens is 362 g/mol. The summed E-state index contributed by atoms with van der Waals surface area (Å²) in [5.41, 5.74) is 2.42. The molecule has 4 aromatic rings. The number of nitrogens with zero attached hydrogens (tertiary/aromatic N) is 2. The number of benzene rings is 2. The minimum atomic E-state index is -0.416. The van der Waals surface area contributed by atoms with Gasteiger partial charge < -0.3 is 9.72 Å². The summed E-state index contributed by atoms with van der Waals surface area (Å²) in [6, 6.07) is 15.3. The molecule has 1 N–H and O–H groups in total. The molecule has 0 saturated heterocycles. The number of nitrogens with one attached hydrogen (secondary N) is 1. The largest absolute Gasteiger partial charge is 0.462 e. The van der Waals surface area contributed by atoms with E-state index in [-0.39, 0.29) is 12.3 Å². The first-order valence-corrected chi connectivity index (χ1v) is 9.40. The molecule has 0 fully saturated rings. The van der Waals surface area contributed by atoms with Crippen molar-refractivity contribution < 1.29 is 9.53 Å². The minimum absolute atomic E-state index is 0.154. The first-order valence-electron chi connectivity index (χ1n) is 8.59. The van der Waals surface area contributed by atoms with Gasteiger partial charge in [-0.2, -0.15) is 0 Å². The molecule has 7 heteroatoms. The van der Waals surface area contributed by atoms with Crippen LogP contribution in [0.3, 0.4) is 0 Å². The highest BCUT2D eigenvalue weighted by molar-refractivity contribution is 7.19. The molecule has 0 aliphatic heterocycles. The molecule has 0 unspecified atom stereocenters. The van der Waals surface area contributed by atoms with E-state index in [1.165, 1.54) is 17.4 Å². The number of thiazole rings is 1. The number of carbonyl (C=O) groups excluding carboxylic acids is 1. The summed E-state index contributed by atoms with van der Waals surface area (Å²) in [6.07, 6.45) is 3.61. The Bertz CT molecular complexity index is 1150. The summed E-state index contributed by atoms with van der Waals surface area (Å²) < 4.78 is 7.94. The Labute approximate surface area is 158 Å². The number of aromatic nitrogens is 3. The molecule has 2 aromatic carbocycles. The predicted molar refractivity (Wildman–Crippen MR) is 107 cm³/mol. The zero-order valence-electron chi connectivity index (χ0n) is 14.4. The molecule has 0 spiro atoms. The average Bonchev–Trinajstić information content (AvgIpc) is 3.23. The van der Waals surface area contributed by atoms with E-state index in [2.05, 4.69) is 9.97 Å². The van der Waals surface area contributed by atoms with Gasteiger partial charge in [0.2, 0.25) is 0 Å². The van der Waals surface area contributed by atoms with Crippen LogP contribution in [0.1, 0.15) is 11.4 Å². The van der Waals surface area contributed by atoms with Crippen LogP contribution in [0, 0.1) is 0 Å². The van der Waals surface area contributed by atoms with Crippen LogP contribution in [0.2, 0.25) is 0 Å². The maximum Gasteiger partial charge on any atom is 0.330 e. The normalized spacial score (nSPS) is 11.6. The van der Waals surface area contributed by atoms with Crippen molar-refractivity contribution in [3.05, 3.63) is 70.1 Å². The van der Waals surface area contributed by atoms with Crippen molar-refractivity contribution in [3.63, 3.8) is 0 Å². The van der Waals surface area contributed by atoms with Crippen LogP contribution < -0.4 is 5.69 Å². The Morgan fingerprint density at radius 1 is 1.19 bits per heavy atom. The maximum atomic E-state index is 12.0. The second-order valence-corrected chi connectivity index (χ2v) is 7.04. The van der Waals surface area contributed by atoms with Gasteiger partial charge in [0, 0.05) is 12.6 Å². The number of hydrogen-bond donors (Lipinski definition) is 1. The third kappa shape index (κ3) is 3.83. The lowest BCUT2D eigenvalue weighted by atomic mass is 10.3.